The Bertz CT molecular complexity index is 2680. The van der Waals surface area contributed by atoms with Crippen molar-refractivity contribution >= 4 is 27.3 Å². The van der Waals surface area contributed by atoms with Crippen LogP contribution in [-0.4, -0.2) is 27.0 Å². The van der Waals surface area contributed by atoms with Gasteiger partial charge in [-0.15, -0.1) is 69.8 Å². The van der Waals surface area contributed by atoms with Crippen molar-refractivity contribution in [1.82, 2.24) is 9.97 Å². The van der Waals surface area contributed by atoms with Crippen LogP contribution in [0.2, 0.25) is 0 Å². The van der Waals surface area contributed by atoms with E-state index >= 15 is 0 Å². The van der Waals surface area contributed by atoms with Crippen molar-refractivity contribution < 1.29 is 48.7 Å². The summed E-state index contributed by atoms with van der Waals surface area (Å²) >= 11 is 0. The van der Waals surface area contributed by atoms with Crippen molar-refractivity contribution in [1.29, 1.82) is 0 Å². The number of aliphatic hydroxyl groups excluding tert-OH is 1. The molecule has 1 atom stereocenters. The van der Waals surface area contributed by atoms with Crippen LogP contribution < -0.4 is 0 Å². The summed E-state index contributed by atoms with van der Waals surface area (Å²) < 4.78 is 70.0. The molecule has 2 saturated carbocycles. The zero-order valence-corrected chi connectivity index (χ0v) is 43.1. The predicted octanol–water partition coefficient (Wildman–Crippen LogP) is 17.0. The maximum atomic E-state index is 12.3. The van der Waals surface area contributed by atoms with Gasteiger partial charge in [-0.1, -0.05) is 98.4 Å². The largest absolute Gasteiger partial charge is 0.512 e. The second kappa shape index (κ2) is 24.1. The zero-order chi connectivity index (χ0) is 51.2. The number of carbonyl (C=O) groups excluding carboxylic acids is 1. The summed E-state index contributed by atoms with van der Waals surface area (Å²) in [5, 5.41) is 13.2. The van der Waals surface area contributed by atoms with Crippen LogP contribution in [-0.2, 0) is 24.9 Å². The van der Waals surface area contributed by atoms with Gasteiger partial charge in [-0.2, -0.15) is 13.2 Å². The van der Waals surface area contributed by atoms with E-state index in [4.69, 9.17) is 5.48 Å². The summed E-state index contributed by atoms with van der Waals surface area (Å²) in [6, 6.07) is 24.2. The van der Waals surface area contributed by atoms with Gasteiger partial charge in [0.15, 0.2) is 5.78 Å². The van der Waals surface area contributed by atoms with E-state index in [2.05, 4.69) is 98.3 Å². The van der Waals surface area contributed by atoms with Gasteiger partial charge in [0.1, 0.15) is 0 Å². The monoisotopic (exact) mass is 1090 g/mol. The molecular formula is C59H69F3IrN2O2-2. The van der Waals surface area contributed by atoms with Crippen molar-refractivity contribution in [3.63, 3.8) is 0 Å². The van der Waals surface area contributed by atoms with E-state index in [1.165, 1.54) is 73.6 Å². The van der Waals surface area contributed by atoms with Gasteiger partial charge in [0.2, 0.25) is 0 Å². The number of alkyl halides is 3. The van der Waals surface area contributed by atoms with Gasteiger partial charge in [-0.3, -0.25) is 4.79 Å². The third-order valence-electron chi connectivity index (χ3n) is 13.5. The summed E-state index contributed by atoms with van der Waals surface area (Å²) in [5.41, 5.74) is 13.1. The Morgan fingerprint density at radius 2 is 1.09 bits per heavy atom. The van der Waals surface area contributed by atoms with Crippen molar-refractivity contribution in [3.8, 4) is 22.5 Å². The normalized spacial score (nSPS) is 15.8. The molecule has 8 heteroatoms. The first-order valence-corrected chi connectivity index (χ1v) is 24.0. The fraction of sp³-hybridized carbons (Fsp3) is 0.441. The minimum Gasteiger partial charge on any atom is -0.512 e. The van der Waals surface area contributed by atoms with Gasteiger partial charge >= 0.3 is 6.18 Å². The SMILES string of the molecule is CCC(CC)C(=O)/C=C(\O)C(CC)CC(F)(F)F.[2H]c1nc(-c2[c-]c(C)cc(C)c2)c2cc(C)c(C3CCCC3)cc2c1[2H].[2H]c1nc(-c2[c-]c(C)cc(C)c2)c2cc(C)c(C3CCCC3)cc2c1[2H].[Ir]. The van der Waals surface area contributed by atoms with Gasteiger partial charge in [-0.05, 0) is 138 Å². The van der Waals surface area contributed by atoms with E-state index in [1.807, 2.05) is 27.7 Å². The van der Waals surface area contributed by atoms with Gasteiger partial charge in [0.25, 0.3) is 0 Å². The van der Waals surface area contributed by atoms with Gasteiger partial charge in [-0.25, -0.2) is 0 Å². The topological polar surface area (TPSA) is 63.1 Å². The molecule has 1 radical (unpaired) electrons. The number of hydrogen-bond acceptors (Lipinski definition) is 4. The fourth-order valence-electron chi connectivity index (χ4n) is 10.1. The number of aliphatic hydroxyl groups is 1. The number of aryl methyl sites for hydroxylation is 6. The number of fused-ring (bicyclic) bond motifs is 2. The van der Waals surface area contributed by atoms with Crippen LogP contribution in [0.3, 0.4) is 0 Å². The standard InChI is InChI=1S/2C23H24N.C13H21F3O2.Ir/c2*1-15-10-16(2)12-20(11-15)23-22-13-17(3)21(18-6-4-5-7-18)14-19(22)8-9-24-23;1-4-9(5-2)11(17)7-12(18)10(6-3)8-13(14,15)16;/h2*8-11,13-14,18H,4-7H2,1-3H3;7,9-10,18H,4-6,8H2,1-3H3;/q2*-1;;/b;;12-7-;/i2*8D,9D;;. The molecule has 6 aromatic rings. The Hall–Kier alpha value is -4.65. The first kappa shape index (κ1) is 47.4. The quantitative estimate of drug-likeness (QED) is 0.0798. The molecule has 2 aliphatic carbocycles. The third kappa shape index (κ3) is 14.0. The average Bonchev–Trinajstić information content (AvgIpc) is 4.04. The molecule has 4 aromatic carbocycles. The number of nitrogens with zero attached hydrogens (tertiary/aromatic N) is 2. The third-order valence-corrected chi connectivity index (χ3v) is 13.5. The maximum absolute atomic E-state index is 12.3. The van der Waals surface area contributed by atoms with E-state index in [-0.39, 0.29) is 62.7 Å². The maximum Gasteiger partial charge on any atom is 0.389 e. The number of rotatable bonds is 11. The van der Waals surface area contributed by atoms with Gasteiger partial charge < -0.3 is 15.1 Å². The molecule has 0 aliphatic heterocycles. The van der Waals surface area contributed by atoms with Crippen molar-refractivity contribution in [2.75, 3.05) is 0 Å². The minimum atomic E-state index is -4.33. The van der Waals surface area contributed by atoms with E-state index in [9.17, 15) is 23.1 Å². The first-order valence-electron chi connectivity index (χ1n) is 26.0. The van der Waals surface area contributed by atoms with E-state index in [1.54, 1.807) is 6.92 Å². The molecule has 1 unspecified atom stereocenters. The summed E-state index contributed by atoms with van der Waals surface area (Å²) in [6.45, 7) is 17.8. The number of pyridine rings is 2. The molecule has 4 nitrogen and oxygen atoms in total. The van der Waals surface area contributed by atoms with Crippen molar-refractivity contribution in [2.24, 2.45) is 11.8 Å². The molecule has 0 amide bonds. The first-order chi connectivity index (χ1) is 33.1. The van der Waals surface area contributed by atoms with Crippen molar-refractivity contribution in [2.45, 2.75) is 157 Å². The minimum absolute atomic E-state index is 0. The van der Waals surface area contributed by atoms with Crippen LogP contribution in [0.25, 0.3) is 44.1 Å². The second-order valence-electron chi connectivity index (χ2n) is 18.8. The number of hydrogen-bond donors (Lipinski definition) is 1. The number of allylic oxidation sites excluding steroid dienone is 2. The molecule has 2 heterocycles. The fourth-order valence-corrected chi connectivity index (χ4v) is 10.1. The molecule has 1 N–H and O–H groups in total. The average molecular weight is 1090 g/mol. The molecule has 2 fully saturated rings. The summed E-state index contributed by atoms with van der Waals surface area (Å²) in [6.07, 6.45) is 7.11. The van der Waals surface area contributed by atoms with Crippen LogP contribution in [0.4, 0.5) is 13.2 Å². The predicted molar refractivity (Wildman–Crippen MR) is 267 cm³/mol. The molecule has 0 bridgehead atoms. The van der Waals surface area contributed by atoms with Crippen LogP contribution in [0.1, 0.15) is 160 Å². The molecule has 67 heavy (non-hydrogen) atoms. The van der Waals surface area contributed by atoms with Crippen molar-refractivity contribution in [3.05, 3.63) is 141 Å². The molecule has 2 aromatic heterocycles. The molecule has 0 saturated heterocycles. The van der Waals surface area contributed by atoms with Crippen LogP contribution in [0.15, 0.2) is 84.8 Å². The van der Waals surface area contributed by atoms with Crippen LogP contribution in [0, 0.1) is 65.5 Å². The number of ketones is 1. The molecule has 2 aliphatic rings. The van der Waals surface area contributed by atoms with Crippen LogP contribution >= 0.6 is 0 Å². The van der Waals surface area contributed by atoms with E-state index < -0.39 is 24.3 Å². The Kier molecular flexibility index (Phi) is 17.0. The van der Waals surface area contributed by atoms with Crippen LogP contribution in [0.5, 0.6) is 0 Å². The van der Waals surface area contributed by atoms with E-state index in [0.717, 1.165) is 72.4 Å². The molecular weight excluding hydrogens is 1020 g/mol. The number of benzene rings is 4. The Morgan fingerprint density at radius 1 is 0.687 bits per heavy atom. The summed E-state index contributed by atoms with van der Waals surface area (Å²) in [5.74, 6) is -0.807. The Morgan fingerprint density at radius 3 is 1.45 bits per heavy atom. The zero-order valence-electron chi connectivity index (χ0n) is 44.7. The smallest absolute Gasteiger partial charge is 0.389 e. The second-order valence-corrected chi connectivity index (χ2v) is 18.8. The summed E-state index contributed by atoms with van der Waals surface area (Å²) in [4.78, 5) is 20.6. The number of halogens is 3. The molecule has 359 valence electrons. The summed E-state index contributed by atoms with van der Waals surface area (Å²) in [7, 11) is 0. The molecule has 8 rings (SSSR count). The Balaban J connectivity index is 0.000000201. The number of carbonyl (C=O) groups is 1. The van der Waals surface area contributed by atoms with E-state index in [0.29, 0.717) is 24.7 Å². The van der Waals surface area contributed by atoms with Gasteiger partial charge in [0, 0.05) is 50.4 Å². The van der Waals surface area contributed by atoms with Gasteiger partial charge in [0.05, 0.1) is 17.7 Å². The Labute approximate surface area is 417 Å². The molecule has 0 spiro atoms. The number of aromatic nitrogens is 2.